The van der Waals surface area contributed by atoms with Crippen molar-refractivity contribution in [3.8, 4) is 0 Å². The number of para-hydroxylation sites is 2. The lowest BCUT2D eigenvalue weighted by Crippen LogP contribution is -2.35. The van der Waals surface area contributed by atoms with Gasteiger partial charge in [-0.05, 0) is 37.3 Å². The molecule has 0 spiro atoms. The molecule has 1 aliphatic carbocycles. The first-order valence-corrected chi connectivity index (χ1v) is 7.13. The SMILES string of the molecule is c1ccc2[nH]c(N3CC[C@H]4CCCC[C@@H]43)nc2c1. The van der Waals surface area contributed by atoms with Gasteiger partial charge in [0.25, 0.3) is 0 Å². The van der Waals surface area contributed by atoms with Gasteiger partial charge in [-0.25, -0.2) is 4.98 Å². The minimum Gasteiger partial charge on any atom is -0.339 e. The number of hydrogen-bond donors (Lipinski definition) is 1. The summed E-state index contributed by atoms with van der Waals surface area (Å²) in [6.07, 6.45) is 6.93. The van der Waals surface area contributed by atoms with E-state index in [-0.39, 0.29) is 0 Å². The number of nitrogens with zero attached hydrogens (tertiary/aromatic N) is 2. The number of nitrogens with one attached hydrogen (secondary N) is 1. The predicted octanol–water partition coefficient (Wildman–Crippen LogP) is 3.33. The smallest absolute Gasteiger partial charge is 0.204 e. The molecule has 0 unspecified atom stereocenters. The van der Waals surface area contributed by atoms with E-state index in [1.54, 1.807) is 0 Å². The highest BCUT2D eigenvalue weighted by Crippen LogP contribution is 2.38. The van der Waals surface area contributed by atoms with E-state index in [9.17, 15) is 0 Å². The monoisotopic (exact) mass is 241 g/mol. The first-order chi connectivity index (χ1) is 8.92. The normalized spacial score (nSPS) is 27.7. The number of H-pyrrole nitrogens is 1. The second-order valence-electron chi connectivity index (χ2n) is 5.67. The summed E-state index contributed by atoms with van der Waals surface area (Å²) in [5, 5.41) is 0. The average Bonchev–Trinajstić information content (AvgIpc) is 3.02. The molecule has 2 atom stereocenters. The maximum Gasteiger partial charge on any atom is 0.204 e. The first kappa shape index (κ1) is 10.4. The molecule has 1 aliphatic heterocycles. The molecular formula is C15H19N3. The van der Waals surface area contributed by atoms with Gasteiger partial charge >= 0.3 is 0 Å². The van der Waals surface area contributed by atoms with Gasteiger partial charge in [0.05, 0.1) is 11.0 Å². The summed E-state index contributed by atoms with van der Waals surface area (Å²) in [6.45, 7) is 1.18. The van der Waals surface area contributed by atoms with Gasteiger partial charge in [-0.15, -0.1) is 0 Å². The Labute approximate surface area is 107 Å². The van der Waals surface area contributed by atoms with E-state index in [0.717, 1.165) is 28.9 Å². The number of benzene rings is 1. The molecule has 0 bridgehead atoms. The van der Waals surface area contributed by atoms with E-state index in [2.05, 4.69) is 34.1 Å². The zero-order valence-electron chi connectivity index (χ0n) is 10.6. The lowest BCUT2D eigenvalue weighted by atomic mass is 9.85. The fraction of sp³-hybridized carbons (Fsp3) is 0.533. The molecule has 4 rings (SSSR count). The molecule has 0 amide bonds. The number of fused-ring (bicyclic) bond motifs is 2. The third-order valence-electron chi connectivity index (χ3n) is 4.66. The van der Waals surface area contributed by atoms with Crippen LogP contribution < -0.4 is 4.90 Å². The molecule has 1 aromatic carbocycles. The zero-order chi connectivity index (χ0) is 11.9. The average molecular weight is 241 g/mol. The number of anilines is 1. The van der Waals surface area contributed by atoms with Crippen LogP contribution in [0.25, 0.3) is 11.0 Å². The number of aromatic amines is 1. The van der Waals surface area contributed by atoms with E-state index in [0.29, 0.717) is 0 Å². The summed E-state index contributed by atoms with van der Waals surface area (Å²) >= 11 is 0. The minimum atomic E-state index is 0.735. The van der Waals surface area contributed by atoms with Crippen LogP contribution in [0.4, 0.5) is 5.95 Å². The highest BCUT2D eigenvalue weighted by Gasteiger charge is 2.36. The van der Waals surface area contributed by atoms with Gasteiger partial charge in [0.15, 0.2) is 0 Å². The second kappa shape index (κ2) is 4.01. The second-order valence-corrected chi connectivity index (χ2v) is 5.67. The summed E-state index contributed by atoms with van der Waals surface area (Å²) < 4.78 is 0. The van der Waals surface area contributed by atoms with Gasteiger partial charge in [-0.3, -0.25) is 0 Å². The standard InChI is InChI=1S/C15H19N3/c1-4-8-14-11(5-1)9-10-18(14)15-16-12-6-2-3-7-13(12)17-15/h2-3,6-7,11,14H,1,4-5,8-10H2,(H,16,17)/t11-,14+/m1/s1. The van der Waals surface area contributed by atoms with Crippen LogP contribution in [0.2, 0.25) is 0 Å². The van der Waals surface area contributed by atoms with Gasteiger partial charge < -0.3 is 9.88 Å². The van der Waals surface area contributed by atoms with Crippen LogP contribution in [0.3, 0.4) is 0 Å². The van der Waals surface area contributed by atoms with Crippen LogP contribution in [-0.2, 0) is 0 Å². The maximum absolute atomic E-state index is 4.76. The van der Waals surface area contributed by atoms with Crippen LogP contribution in [-0.4, -0.2) is 22.6 Å². The molecule has 2 fully saturated rings. The zero-order valence-corrected chi connectivity index (χ0v) is 10.6. The fourth-order valence-corrected chi connectivity index (χ4v) is 3.74. The molecule has 2 aliphatic rings. The lowest BCUT2D eigenvalue weighted by molar-refractivity contribution is 0.341. The van der Waals surface area contributed by atoms with E-state index in [4.69, 9.17) is 4.98 Å². The van der Waals surface area contributed by atoms with Crippen molar-refractivity contribution in [2.45, 2.75) is 38.1 Å². The van der Waals surface area contributed by atoms with Crippen LogP contribution in [0.15, 0.2) is 24.3 Å². The Morgan fingerprint density at radius 1 is 1.11 bits per heavy atom. The Hall–Kier alpha value is -1.51. The summed E-state index contributed by atoms with van der Waals surface area (Å²) in [5.74, 6) is 2.00. The van der Waals surface area contributed by atoms with Crippen LogP contribution >= 0.6 is 0 Å². The van der Waals surface area contributed by atoms with Gasteiger partial charge in [0.1, 0.15) is 0 Å². The highest BCUT2D eigenvalue weighted by atomic mass is 15.3. The number of hydrogen-bond acceptors (Lipinski definition) is 2. The van der Waals surface area contributed by atoms with Gasteiger partial charge in [0.2, 0.25) is 5.95 Å². The topological polar surface area (TPSA) is 31.9 Å². The van der Waals surface area contributed by atoms with E-state index >= 15 is 0 Å². The highest BCUT2D eigenvalue weighted by molar-refractivity contribution is 5.77. The molecular weight excluding hydrogens is 222 g/mol. The largest absolute Gasteiger partial charge is 0.339 e. The number of rotatable bonds is 1. The number of aromatic nitrogens is 2. The molecule has 0 radical (unpaired) electrons. The molecule has 1 aromatic heterocycles. The van der Waals surface area contributed by atoms with Crippen molar-refractivity contribution in [1.82, 2.24) is 9.97 Å². The molecule has 1 saturated heterocycles. The molecule has 18 heavy (non-hydrogen) atoms. The molecule has 1 saturated carbocycles. The fourth-order valence-electron chi connectivity index (χ4n) is 3.74. The Bertz CT molecular complexity index is 527. The Kier molecular flexibility index (Phi) is 2.32. The Balaban J connectivity index is 1.69. The van der Waals surface area contributed by atoms with Crippen molar-refractivity contribution in [2.75, 3.05) is 11.4 Å². The van der Waals surface area contributed by atoms with E-state index in [1.807, 2.05) is 0 Å². The number of imidazole rings is 1. The van der Waals surface area contributed by atoms with Crippen molar-refractivity contribution in [1.29, 1.82) is 0 Å². The molecule has 3 nitrogen and oxygen atoms in total. The summed E-state index contributed by atoms with van der Waals surface area (Å²) in [4.78, 5) is 10.8. The quantitative estimate of drug-likeness (QED) is 0.830. The Morgan fingerprint density at radius 2 is 2.00 bits per heavy atom. The lowest BCUT2D eigenvalue weighted by Gasteiger charge is -2.31. The molecule has 94 valence electrons. The maximum atomic E-state index is 4.76. The molecule has 2 aromatic rings. The van der Waals surface area contributed by atoms with Crippen molar-refractivity contribution >= 4 is 17.0 Å². The molecule has 3 heteroatoms. The summed E-state index contributed by atoms with van der Waals surface area (Å²) in [7, 11) is 0. The summed E-state index contributed by atoms with van der Waals surface area (Å²) in [5.41, 5.74) is 2.25. The predicted molar refractivity (Wildman–Crippen MR) is 73.8 cm³/mol. The van der Waals surface area contributed by atoms with Crippen LogP contribution in [0, 0.1) is 5.92 Å². The van der Waals surface area contributed by atoms with Crippen LogP contribution in [0.5, 0.6) is 0 Å². The van der Waals surface area contributed by atoms with Crippen molar-refractivity contribution in [2.24, 2.45) is 5.92 Å². The van der Waals surface area contributed by atoms with Crippen molar-refractivity contribution in [3.63, 3.8) is 0 Å². The van der Waals surface area contributed by atoms with E-state index in [1.165, 1.54) is 38.6 Å². The van der Waals surface area contributed by atoms with Gasteiger partial charge in [0, 0.05) is 12.6 Å². The molecule has 2 heterocycles. The van der Waals surface area contributed by atoms with Gasteiger partial charge in [-0.2, -0.15) is 0 Å². The third kappa shape index (κ3) is 1.53. The summed E-state index contributed by atoms with van der Waals surface area (Å²) in [6, 6.07) is 9.06. The Morgan fingerprint density at radius 3 is 2.94 bits per heavy atom. The van der Waals surface area contributed by atoms with Gasteiger partial charge in [-0.1, -0.05) is 25.0 Å². The van der Waals surface area contributed by atoms with E-state index < -0.39 is 0 Å². The third-order valence-corrected chi connectivity index (χ3v) is 4.66. The van der Waals surface area contributed by atoms with Crippen molar-refractivity contribution < 1.29 is 0 Å². The van der Waals surface area contributed by atoms with Crippen molar-refractivity contribution in [3.05, 3.63) is 24.3 Å². The first-order valence-electron chi connectivity index (χ1n) is 7.13. The molecule has 1 N–H and O–H groups in total. The minimum absolute atomic E-state index is 0.735. The van der Waals surface area contributed by atoms with Crippen LogP contribution in [0.1, 0.15) is 32.1 Å².